The van der Waals surface area contributed by atoms with Gasteiger partial charge in [-0.05, 0) is 52.3 Å². The van der Waals surface area contributed by atoms with E-state index in [4.69, 9.17) is 4.52 Å². The summed E-state index contributed by atoms with van der Waals surface area (Å²) in [4.78, 5) is 18.7. The number of hydrogen-bond donors (Lipinski definition) is 2. The molecule has 1 aliphatic rings. The van der Waals surface area contributed by atoms with E-state index in [1.165, 1.54) is 17.1 Å². The van der Waals surface area contributed by atoms with Gasteiger partial charge in [-0.15, -0.1) is 0 Å². The highest BCUT2D eigenvalue weighted by molar-refractivity contribution is 5.96. The fourth-order valence-corrected chi connectivity index (χ4v) is 5.22. The largest absolute Gasteiger partial charge is 0.406 e. The van der Waals surface area contributed by atoms with Gasteiger partial charge >= 0.3 is 6.18 Å². The molecule has 1 amide bonds. The van der Waals surface area contributed by atoms with E-state index in [2.05, 4.69) is 30.8 Å². The highest BCUT2D eigenvalue weighted by Crippen LogP contribution is 2.38. The molecule has 0 saturated carbocycles. The quantitative estimate of drug-likeness (QED) is 0.294. The maximum atomic E-state index is 15.6. The van der Waals surface area contributed by atoms with Gasteiger partial charge in [0.25, 0.3) is 5.91 Å². The number of hydrogen-bond acceptors (Lipinski definition) is 7. The predicted molar refractivity (Wildman–Crippen MR) is 149 cm³/mol. The fraction of sp³-hybridized carbons (Fsp3) is 0.500. The van der Waals surface area contributed by atoms with E-state index in [1.54, 1.807) is 38.2 Å². The van der Waals surface area contributed by atoms with Gasteiger partial charge < -0.3 is 19.7 Å². The van der Waals surface area contributed by atoms with Crippen LogP contribution < -0.4 is 10.6 Å². The van der Waals surface area contributed by atoms with Gasteiger partial charge in [0.2, 0.25) is 11.7 Å². The van der Waals surface area contributed by atoms with Gasteiger partial charge in [-0.25, -0.2) is 4.39 Å². The number of nitrogens with one attached hydrogen (secondary N) is 2. The van der Waals surface area contributed by atoms with Crippen molar-refractivity contribution in [3.63, 3.8) is 0 Å². The van der Waals surface area contributed by atoms with Crippen LogP contribution in [0.3, 0.4) is 0 Å². The lowest BCUT2D eigenvalue weighted by Gasteiger charge is -2.47. The number of aromatic nitrogens is 5. The normalized spacial score (nSPS) is 20.3. The molecule has 3 aromatic heterocycles. The fourth-order valence-electron chi connectivity index (χ4n) is 5.22. The Kier molecular flexibility index (Phi) is 7.54. The van der Waals surface area contributed by atoms with Crippen LogP contribution in [0.2, 0.25) is 0 Å². The SMILES string of the molecule is Cn1cc(C(=O)NCc2nc(-c3cc4c(N[C@]5(C)CCN(C(C)(C)C)C[C@H]5F)cccc4n3CC(F)(F)F)no2)cn1. The molecule has 4 heterocycles. The van der Waals surface area contributed by atoms with E-state index in [1.807, 2.05) is 20.8 Å². The molecule has 1 aromatic carbocycles. The lowest BCUT2D eigenvalue weighted by molar-refractivity contribution is -0.139. The monoisotopic (exact) mass is 590 g/mol. The average molecular weight is 591 g/mol. The molecule has 14 heteroatoms. The van der Waals surface area contributed by atoms with Gasteiger partial charge in [0.1, 0.15) is 12.7 Å². The molecule has 5 rings (SSSR count). The minimum atomic E-state index is -4.54. The van der Waals surface area contributed by atoms with Crippen molar-refractivity contribution in [1.82, 2.24) is 34.7 Å². The third kappa shape index (κ3) is 6.13. The molecule has 0 radical (unpaired) electrons. The smallest absolute Gasteiger partial charge is 0.376 e. The average Bonchev–Trinajstić information content (AvgIpc) is 3.62. The Morgan fingerprint density at radius 3 is 2.64 bits per heavy atom. The van der Waals surface area contributed by atoms with E-state index in [0.717, 1.165) is 4.57 Å². The number of fused-ring (bicyclic) bond motifs is 1. The van der Waals surface area contributed by atoms with Gasteiger partial charge in [-0.1, -0.05) is 11.2 Å². The summed E-state index contributed by atoms with van der Waals surface area (Å²) < 4.78 is 64.6. The Balaban J connectivity index is 1.44. The Hall–Kier alpha value is -3.94. The molecule has 0 aliphatic carbocycles. The van der Waals surface area contributed by atoms with Crippen LogP contribution in [-0.4, -0.2) is 71.8 Å². The number of likely N-dealkylation sites (tertiary alicyclic amines) is 1. The zero-order valence-electron chi connectivity index (χ0n) is 24.1. The first-order valence-corrected chi connectivity index (χ1v) is 13.6. The summed E-state index contributed by atoms with van der Waals surface area (Å²) in [5, 5.41) is 14.3. The molecule has 226 valence electrons. The number of carbonyl (C=O) groups excluding carboxylic acids is 1. The summed E-state index contributed by atoms with van der Waals surface area (Å²) >= 11 is 0. The number of alkyl halides is 4. The van der Waals surface area contributed by atoms with Crippen molar-refractivity contribution >= 4 is 22.5 Å². The molecule has 4 aromatic rings. The minimum Gasteiger partial charge on any atom is -0.376 e. The molecule has 0 spiro atoms. The number of aryl methyl sites for hydroxylation is 1. The second-order valence-corrected chi connectivity index (χ2v) is 11.9. The zero-order valence-corrected chi connectivity index (χ0v) is 24.1. The van der Waals surface area contributed by atoms with Crippen LogP contribution in [0.4, 0.5) is 23.2 Å². The zero-order chi connectivity index (χ0) is 30.4. The van der Waals surface area contributed by atoms with E-state index < -0.39 is 30.3 Å². The summed E-state index contributed by atoms with van der Waals surface area (Å²) in [7, 11) is 1.67. The molecule has 0 unspecified atom stereocenters. The van der Waals surface area contributed by atoms with Crippen LogP contribution in [0.1, 0.15) is 50.4 Å². The number of rotatable bonds is 7. The van der Waals surface area contributed by atoms with Crippen molar-refractivity contribution in [2.24, 2.45) is 7.05 Å². The Morgan fingerprint density at radius 1 is 1.24 bits per heavy atom. The molecule has 10 nitrogen and oxygen atoms in total. The molecule has 2 atom stereocenters. The number of amides is 1. The second-order valence-electron chi connectivity index (χ2n) is 11.9. The van der Waals surface area contributed by atoms with E-state index in [0.29, 0.717) is 29.6 Å². The Labute approximate surface area is 240 Å². The molecule has 1 fully saturated rings. The van der Waals surface area contributed by atoms with Crippen LogP contribution in [0.5, 0.6) is 0 Å². The number of anilines is 1. The number of halogens is 4. The number of benzene rings is 1. The second kappa shape index (κ2) is 10.7. The maximum Gasteiger partial charge on any atom is 0.406 e. The topological polar surface area (TPSA) is 106 Å². The Morgan fingerprint density at radius 2 is 2.00 bits per heavy atom. The molecular weight excluding hydrogens is 556 g/mol. The van der Waals surface area contributed by atoms with E-state index in [-0.39, 0.29) is 41.6 Å². The van der Waals surface area contributed by atoms with Crippen molar-refractivity contribution in [2.75, 3.05) is 18.4 Å². The minimum absolute atomic E-state index is 0.0165. The first-order chi connectivity index (χ1) is 19.6. The first kappa shape index (κ1) is 29.5. The van der Waals surface area contributed by atoms with Crippen LogP contribution in [0.25, 0.3) is 22.4 Å². The Bertz CT molecular complexity index is 1580. The van der Waals surface area contributed by atoms with Crippen molar-refractivity contribution in [3.05, 3.63) is 48.1 Å². The number of piperidine rings is 1. The van der Waals surface area contributed by atoms with E-state index >= 15 is 4.39 Å². The summed E-state index contributed by atoms with van der Waals surface area (Å²) in [6.45, 7) is 7.42. The van der Waals surface area contributed by atoms with Crippen molar-refractivity contribution in [2.45, 2.75) is 70.6 Å². The number of nitrogens with zero attached hydrogens (tertiary/aromatic N) is 6. The van der Waals surface area contributed by atoms with Crippen LogP contribution in [0.15, 0.2) is 41.2 Å². The van der Waals surface area contributed by atoms with Gasteiger partial charge in [-0.2, -0.15) is 23.3 Å². The van der Waals surface area contributed by atoms with Crippen LogP contribution in [0, 0.1) is 0 Å². The van der Waals surface area contributed by atoms with Crippen LogP contribution >= 0.6 is 0 Å². The highest BCUT2D eigenvalue weighted by atomic mass is 19.4. The maximum absolute atomic E-state index is 15.6. The highest BCUT2D eigenvalue weighted by Gasteiger charge is 2.42. The van der Waals surface area contributed by atoms with Gasteiger partial charge in [0.15, 0.2) is 0 Å². The molecular formula is C28H34F4N8O2. The van der Waals surface area contributed by atoms with Crippen LogP contribution in [-0.2, 0) is 20.1 Å². The molecule has 1 aliphatic heterocycles. The summed E-state index contributed by atoms with van der Waals surface area (Å²) in [6, 6.07) is 6.49. The molecule has 0 bridgehead atoms. The van der Waals surface area contributed by atoms with Gasteiger partial charge in [-0.3, -0.25) is 14.4 Å². The lowest BCUT2D eigenvalue weighted by Crippen LogP contribution is -2.59. The molecule has 42 heavy (non-hydrogen) atoms. The third-order valence-corrected chi connectivity index (χ3v) is 7.69. The number of carbonyl (C=O) groups is 1. The van der Waals surface area contributed by atoms with Gasteiger partial charge in [0, 0.05) is 42.9 Å². The van der Waals surface area contributed by atoms with Gasteiger partial charge in [0.05, 0.1) is 35.1 Å². The molecule has 2 N–H and O–H groups in total. The van der Waals surface area contributed by atoms with Crippen molar-refractivity contribution < 1.29 is 26.9 Å². The van der Waals surface area contributed by atoms with E-state index in [9.17, 15) is 18.0 Å². The molecule has 1 saturated heterocycles. The summed E-state index contributed by atoms with van der Waals surface area (Å²) in [5.41, 5.74) is 0.103. The van der Waals surface area contributed by atoms with Crippen molar-refractivity contribution in [1.29, 1.82) is 0 Å². The summed E-state index contributed by atoms with van der Waals surface area (Å²) in [6.07, 6.45) is -2.30. The van der Waals surface area contributed by atoms with Crippen molar-refractivity contribution in [3.8, 4) is 11.5 Å². The standard InChI is InChI=1S/C28H34F4N8O2/c1-26(2,3)39-10-9-27(4,22(29)15-39)36-19-7-6-8-20-18(19)11-21(40(20)16-28(30,31)32)24-35-23(42-37-24)13-33-25(41)17-12-34-38(5)14-17/h6-8,11-12,14,22,36H,9-10,13,15-16H2,1-5H3,(H,33,41)/t22-,27-/m1/s1. The predicted octanol–water partition coefficient (Wildman–Crippen LogP) is 4.93. The summed E-state index contributed by atoms with van der Waals surface area (Å²) in [5.74, 6) is -0.472. The first-order valence-electron chi connectivity index (χ1n) is 13.6. The lowest BCUT2D eigenvalue weighted by atomic mass is 9.85. The third-order valence-electron chi connectivity index (χ3n) is 7.69.